The van der Waals surface area contributed by atoms with Crippen molar-refractivity contribution in [2.24, 2.45) is 0 Å². The molecule has 0 aliphatic heterocycles. The molecule has 9 heavy (non-hydrogen) atoms. The summed E-state index contributed by atoms with van der Waals surface area (Å²) in [5, 5.41) is 7.50. The Kier molecular flexibility index (Phi) is 0.677. The van der Waals surface area contributed by atoms with E-state index in [4.69, 9.17) is 4.42 Å². The lowest BCUT2D eigenvalue weighted by atomic mass is 10.7. The quantitative estimate of drug-likeness (QED) is 0.516. The van der Waals surface area contributed by atoms with Crippen LogP contribution >= 0.6 is 0 Å². The number of nitrogens with zero attached hydrogens (tertiary/aromatic N) is 3. The lowest BCUT2D eigenvalue weighted by Crippen LogP contribution is -1.79. The first-order valence-corrected chi connectivity index (χ1v) is 2.63. The first kappa shape index (κ1) is 4.55. The van der Waals surface area contributed by atoms with E-state index in [1.807, 2.05) is 6.92 Å². The van der Waals surface area contributed by atoms with Crippen LogP contribution < -0.4 is 0 Å². The lowest BCUT2D eigenvalue weighted by molar-refractivity contribution is 0.592. The van der Waals surface area contributed by atoms with Crippen LogP contribution in [0.3, 0.4) is 0 Å². The molecule has 46 valence electrons. The van der Waals surface area contributed by atoms with Gasteiger partial charge < -0.3 is 4.42 Å². The first-order valence-electron chi connectivity index (χ1n) is 2.63. The molecule has 2 heterocycles. The number of aryl methyl sites for hydroxylation is 1. The highest BCUT2D eigenvalue weighted by molar-refractivity contribution is 5.20. The molecule has 2 aromatic heterocycles. The molecule has 0 radical (unpaired) electrons. The van der Waals surface area contributed by atoms with Crippen molar-refractivity contribution in [2.45, 2.75) is 6.92 Å². The smallest absolute Gasteiger partial charge is 0.326 e. The fourth-order valence-electron chi connectivity index (χ4n) is 0.754. The SMILES string of the molecule is Cc1nnc2occn12. The standard InChI is InChI=1S/C5H5N3O/c1-4-6-7-5-8(4)2-3-9-5/h2-3H,1H3. The van der Waals surface area contributed by atoms with E-state index in [1.165, 1.54) is 0 Å². The second kappa shape index (κ2) is 1.34. The van der Waals surface area contributed by atoms with Crippen LogP contribution in [0.5, 0.6) is 0 Å². The van der Waals surface area contributed by atoms with Crippen LogP contribution in [0, 0.1) is 6.92 Å². The summed E-state index contributed by atoms with van der Waals surface area (Å²) in [6.07, 6.45) is 3.36. The number of fused-ring (bicyclic) bond motifs is 1. The maximum Gasteiger partial charge on any atom is 0.326 e. The minimum atomic E-state index is 0.549. The Balaban J connectivity index is 2.99. The van der Waals surface area contributed by atoms with Crippen LogP contribution in [-0.4, -0.2) is 14.6 Å². The molecule has 0 bridgehead atoms. The number of hydrogen-bond donors (Lipinski definition) is 0. The third kappa shape index (κ3) is 0.468. The fraction of sp³-hybridized carbons (Fsp3) is 0.200. The Hall–Kier alpha value is -1.32. The van der Waals surface area contributed by atoms with Gasteiger partial charge in [-0.3, -0.25) is 4.40 Å². The van der Waals surface area contributed by atoms with Gasteiger partial charge in [0.15, 0.2) is 0 Å². The number of hydrogen-bond acceptors (Lipinski definition) is 3. The number of aromatic nitrogens is 3. The van der Waals surface area contributed by atoms with Crippen molar-refractivity contribution in [3.05, 3.63) is 18.3 Å². The summed E-state index contributed by atoms with van der Waals surface area (Å²) in [5.41, 5.74) is 0. The number of rotatable bonds is 0. The molecule has 0 spiro atoms. The van der Waals surface area contributed by atoms with E-state index >= 15 is 0 Å². The van der Waals surface area contributed by atoms with Crippen LogP contribution in [0.25, 0.3) is 5.84 Å². The zero-order valence-corrected chi connectivity index (χ0v) is 4.90. The maximum atomic E-state index is 4.93. The summed E-state index contributed by atoms with van der Waals surface area (Å²) in [7, 11) is 0. The monoisotopic (exact) mass is 123 g/mol. The molecule has 4 heteroatoms. The van der Waals surface area contributed by atoms with Gasteiger partial charge in [-0.1, -0.05) is 5.10 Å². The van der Waals surface area contributed by atoms with E-state index in [0.717, 1.165) is 5.82 Å². The normalized spacial score (nSPS) is 10.8. The van der Waals surface area contributed by atoms with Crippen molar-refractivity contribution in [3.8, 4) is 0 Å². The second-order valence-electron chi connectivity index (χ2n) is 1.80. The topological polar surface area (TPSA) is 43.3 Å². The summed E-state index contributed by atoms with van der Waals surface area (Å²) < 4.78 is 6.71. The highest BCUT2D eigenvalue weighted by Crippen LogP contribution is 2.01. The van der Waals surface area contributed by atoms with Gasteiger partial charge in [-0.25, -0.2) is 0 Å². The van der Waals surface area contributed by atoms with Crippen molar-refractivity contribution in [1.29, 1.82) is 0 Å². The zero-order valence-electron chi connectivity index (χ0n) is 4.90. The van der Waals surface area contributed by atoms with Crippen molar-refractivity contribution < 1.29 is 4.42 Å². The molecule has 4 nitrogen and oxygen atoms in total. The Morgan fingerprint density at radius 2 is 2.44 bits per heavy atom. The fourth-order valence-corrected chi connectivity index (χ4v) is 0.754. The summed E-state index contributed by atoms with van der Waals surface area (Å²) in [6.45, 7) is 1.87. The molecule has 0 aliphatic carbocycles. The van der Waals surface area contributed by atoms with Crippen molar-refractivity contribution in [2.75, 3.05) is 0 Å². The molecule has 0 fully saturated rings. The van der Waals surface area contributed by atoms with E-state index in [-0.39, 0.29) is 0 Å². The summed E-state index contributed by atoms with van der Waals surface area (Å²) in [6, 6.07) is 0. The van der Waals surface area contributed by atoms with E-state index in [9.17, 15) is 0 Å². The molecule has 0 aliphatic rings. The van der Waals surface area contributed by atoms with E-state index in [0.29, 0.717) is 5.84 Å². The first-order chi connectivity index (χ1) is 4.38. The molecule has 2 aromatic rings. The summed E-state index contributed by atoms with van der Waals surface area (Å²) >= 11 is 0. The van der Waals surface area contributed by atoms with E-state index in [2.05, 4.69) is 10.2 Å². The number of oxazole rings is 1. The molecule has 2 rings (SSSR count). The van der Waals surface area contributed by atoms with E-state index in [1.54, 1.807) is 16.9 Å². The molecule has 0 unspecified atom stereocenters. The minimum absolute atomic E-state index is 0.549. The third-order valence-electron chi connectivity index (χ3n) is 1.22. The highest BCUT2D eigenvalue weighted by atomic mass is 16.3. The van der Waals surface area contributed by atoms with Crippen molar-refractivity contribution >= 4 is 5.84 Å². The van der Waals surface area contributed by atoms with Gasteiger partial charge in [-0.15, -0.1) is 5.10 Å². The zero-order chi connectivity index (χ0) is 6.27. The van der Waals surface area contributed by atoms with Gasteiger partial charge in [0.2, 0.25) is 0 Å². The van der Waals surface area contributed by atoms with Gasteiger partial charge in [0.25, 0.3) is 0 Å². The van der Waals surface area contributed by atoms with Gasteiger partial charge in [0.1, 0.15) is 12.1 Å². The Labute approximate surface area is 51.1 Å². The van der Waals surface area contributed by atoms with Gasteiger partial charge >= 0.3 is 5.84 Å². The molecular formula is C5H5N3O. The van der Waals surface area contributed by atoms with Crippen molar-refractivity contribution in [1.82, 2.24) is 14.6 Å². The Bertz CT molecular complexity index is 321. The molecule has 0 N–H and O–H groups in total. The maximum absolute atomic E-state index is 4.93. The lowest BCUT2D eigenvalue weighted by Gasteiger charge is -1.77. The highest BCUT2D eigenvalue weighted by Gasteiger charge is 1.99. The summed E-state index contributed by atoms with van der Waals surface area (Å²) in [5.74, 6) is 1.39. The van der Waals surface area contributed by atoms with Gasteiger partial charge in [-0.05, 0) is 6.92 Å². The van der Waals surface area contributed by atoms with Crippen LogP contribution in [0.2, 0.25) is 0 Å². The predicted octanol–water partition coefficient (Wildman–Crippen LogP) is 0.631. The van der Waals surface area contributed by atoms with Crippen LogP contribution in [0.4, 0.5) is 0 Å². The van der Waals surface area contributed by atoms with Crippen LogP contribution in [-0.2, 0) is 0 Å². The molecule has 0 saturated carbocycles. The largest absolute Gasteiger partial charge is 0.431 e. The summed E-state index contributed by atoms with van der Waals surface area (Å²) in [4.78, 5) is 0. The van der Waals surface area contributed by atoms with Crippen LogP contribution in [0.1, 0.15) is 5.82 Å². The Morgan fingerprint density at radius 3 is 3.22 bits per heavy atom. The molecular weight excluding hydrogens is 118 g/mol. The Morgan fingerprint density at radius 1 is 1.56 bits per heavy atom. The molecule has 0 saturated heterocycles. The molecule has 0 amide bonds. The molecule has 0 aromatic carbocycles. The molecule has 0 atom stereocenters. The van der Waals surface area contributed by atoms with Crippen molar-refractivity contribution in [3.63, 3.8) is 0 Å². The second-order valence-corrected chi connectivity index (χ2v) is 1.80. The average molecular weight is 123 g/mol. The average Bonchev–Trinajstić information content (AvgIpc) is 2.35. The van der Waals surface area contributed by atoms with Gasteiger partial charge in [0, 0.05) is 0 Å². The third-order valence-corrected chi connectivity index (χ3v) is 1.22. The van der Waals surface area contributed by atoms with Crippen LogP contribution in [0.15, 0.2) is 16.9 Å². The van der Waals surface area contributed by atoms with E-state index < -0.39 is 0 Å². The van der Waals surface area contributed by atoms with Gasteiger partial charge in [-0.2, -0.15) is 0 Å². The predicted molar refractivity (Wildman–Crippen MR) is 30.0 cm³/mol. The van der Waals surface area contributed by atoms with Gasteiger partial charge in [0.05, 0.1) is 6.20 Å². The minimum Gasteiger partial charge on any atom is -0.431 e.